The van der Waals surface area contributed by atoms with E-state index in [1.54, 1.807) is 12.1 Å². The molecule has 0 aliphatic heterocycles. The van der Waals surface area contributed by atoms with E-state index in [-0.39, 0.29) is 5.75 Å². The van der Waals surface area contributed by atoms with Crippen LogP contribution in [0.15, 0.2) is 47.4 Å². The Hall–Kier alpha value is -2.72. The van der Waals surface area contributed by atoms with Crippen molar-refractivity contribution in [2.45, 2.75) is 74.7 Å². The Morgan fingerprint density at radius 1 is 1.08 bits per heavy atom. The van der Waals surface area contributed by atoms with E-state index in [1.165, 1.54) is 18.9 Å². The van der Waals surface area contributed by atoms with Crippen molar-refractivity contribution in [3.05, 3.63) is 48.0 Å². The van der Waals surface area contributed by atoms with Crippen molar-refractivity contribution in [2.75, 3.05) is 30.9 Å². The summed E-state index contributed by atoms with van der Waals surface area (Å²) in [6.45, 7) is 0.859. The number of benzene rings is 2. The van der Waals surface area contributed by atoms with Crippen molar-refractivity contribution in [2.24, 2.45) is 5.41 Å². The molecule has 1 aromatic heterocycles. The summed E-state index contributed by atoms with van der Waals surface area (Å²) in [6, 6.07) is 13.7. The Morgan fingerprint density at radius 3 is 2.59 bits per heavy atom. The molecule has 2 aliphatic rings. The molecule has 1 atom stereocenters. The normalized spacial score (nSPS) is 22.7. The zero-order valence-corrected chi connectivity index (χ0v) is 23.3. The number of nitrogens with zero attached hydrogens (tertiary/aromatic N) is 3. The summed E-state index contributed by atoms with van der Waals surface area (Å²) in [5.74, 6) is 1.47. The predicted molar refractivity (Wildman–Crippen MR) is 152 cm³/mol. The summed E-state index contributed by atoms with van der Waals surface area (Å²) >= 11 is 4.14. The first kappa shape index (κ1) is 27.8. The molecule has 0 amide bonds. The van der Waals surface area contributed by atoms with Crippen molar-refractivity contribution in [1.82, 2.24) is 15.3 Å². The lowest BCUT2D eigenvalue weighted by Gasteiger charge is -2.30. The lowest BCUT2D eigenvalue weighted by molar-refractivity contribution is -0.275. The number of para-hydroxylation sites is 1. The van der Waals surface area contributed by atoms with E-state index in [1.807, 2.05) is 37.2 Å². The number of fused-ring (bicyclic) bond motifs is 1. The van der Waals surface area contributed by atoms with Crippen LogP contribution in [-0.2, 0) is 6.42 Å². The average Bonchev–Trinajstić information content (AvgIpc) is 3.55. The molecule has 3 aromatic rings. The molecule has 2 N–H and O–H groups in total. The fourth-order valence-electron chi connectivity index (χ4n) is 5.84. The molecule has 1 unspecified atom stereocenters. The molecule has 39 heavy (non-hydrogen) atoms. The molecule has 2 aromatic carbocycles. The molecule has 0 bridgehead atoms. The van der Waals surface area contributed by atoms with Crippen LogP contribution in [0.3, 0.4) is 0 Å². The highest BCUT2D eigenvalue weighted by Gasteiger charge is 2.55. The van der Waals surface area contributed by atoms with E-state index >= 15 is 0 Å². The number of unbranched alkanes of at least 4 members (excludes halogenated alkanes) is 1. The van der Waals surface area contributed by atoms with Crippen molar-refractivity contribution in [3.8, 4) is 5.75 Å². The largest absolute Gasteiger partial charge is 0.573 e. The Labute approximate surface area is 233 Å². The van der Waals surface area contributed by atoms with Gasteiger partial charge in [0.15, 0.2) is 0 Å². The van der Waals surface area contributed by atoms with Gasteiger partial charge in [0.2, 0.25) is 5.95 Å². The minimum atomic E-state index is -4.70. The Bertz CT molecular complexity index is 1290. The zero-order valence-electron chi connectivity index (χ0n) is 22.4. The van der Waals surface area contributed by atoms with Crippen LogP contribution in [0.5, 0.6) is 5.75 Å². The number of halogens is 3. The molecule has 2 aliphatic carbocycles. The van der Waals surface area contributed by atoms with Gasteiger partial charge in [0, 0.05) is 36.5 Å². The maximum atomic E-state index is 12.7. The fraction of sp³-hybridized carbons (Fsp3) is 0.517. The van der Waals surface area contributed by atoms with Gasteiger partial charge in [0.25, 0.3) is 0 Å². The van der Waals surface area contributed by atoms with Crippen LogP contribution in [0.1, 0.15) is 50.5 Å². The fourth-order valence-corrected chi connectivity index (χ4v) is 6.03. The minimum Gasteiger partial charge on any atom is -0.405 e. The highest BCUT2D eigenvalue weighted by atomic mass is 32.1. The summed E-state index contributed by atoms with van der Waals surface area (Å²) in [5, 5.41) is 8.34. The number of aromatic nitrogens is 2. The molecule has 6 nitrogen and oxygen atoms in total. The van der Waals surface area contributed by atoms with E-state index in [0.29, 0.717) is 40.3 Å². The summed E-state index contributed by atoms with van der Waals surface area (Å²) < 4.78 is 42.4. The SMILES string of the molecule is CN(C)c1nc(NC2CC23CCC(NCCCCc2ccc(S)cc2OC(F)(F)F)CC3)nc2ccccc12. The second kappa shape index (κ2) is 11.4. The maximum absolute atomic E-state index is 12.7. The zero-order chi connectivity index (χ0) is 27.6. The summed E-state index contributed by atoms with van der Waals surface area (Å²) in [5.41, 5.74) is 1.84. The Balaban J connectivity index is 1.05. The average molecular weight is 560 g/mol. The quantitative estimate of drug-likeness (QED) is 0.192. The van der Waals surface area contributed by atoms with Crippen molar-refractivity contribution >= 4 is 35.3 Å². The second-order valence-electron chi connectivity index (χ2n) is 11.1. The summed E-state index contributed by atoms with van der Waals surface area (Å²) in [4.78, 5) is 12.1. The molecular weight excluding hydrogens is 523 g/mol. The van der Waals surface area contributed by atoms with Gasteiger partial charge < -0.3 is 20.3 Å². The first-order valence-corrected chi connectivity index (χ1v) is 14.1. The van der Waals surface area contributed by atoms with Gasteiger partial charge in [0.1, 0.15) is 11.6 Å². The number of ether oxygens (including phenoxy) is 1. The monoisotopic (exact) mass is 559 g/mol. The lowest BCUT2D eigenvalue weighted by Crippen LogP contribution is -2.35. The third-order valence-electron chi connectivity index (χ3n) is 8.06. The highest BCUT2D eigenvalue weighted by molar-refractivity contribution is 7.80. The van der Waals surface area contributed by atoms with Crippen LogP contribution in [0, 0.1) is 5.41 Å². The number of aryl methyl sites for hydroxylation is 1. The van der Waals surface area contributed by atoms with Crippen LogP contribution in [-0.4, -0.2) is 49.1 Å². The number of hydrogen-bond donors (Lipinski definition) is 3. The van der Waals surface area contributed by atoms with Gasteiger partial charge in [-0.15, -0.1) is 25.8 Å². The Morgan fingerprint density at radius 2 is 1.85 bits per heavy atom. The molecule has 0 saturated heterocycles. The number of hydrogen-bond acceptors (Lipinski definition) is 7. The molecule has 210 valence electrons. The van der Waals surface area contributed by atoms with Gasteiger partial charge in [-0.3, -0.25) is 0 Å². The lowest BCUT2D eigenvalue weighted by atomic mass is 9.82. The third-order valence-corrected chi connectivity index (χ3v) is 8.34. The van der Waals surface area contributed by atoms with Crippen LogP contribution in [0.2, 0.25) is 0 Å². The van der Waals surface area contributed by atoms with E-state index in [0.717, 1.165) is 55.4 Å². The van der Waals surface area contributed by atoms with Crippen LogP contribution in [0.4, 0.5) is 24.9 Å². The number of thiol groups is 1. The molecule has 0 radical (unpaired) electrons. The van der Waals surface area contributed by atoms with Crippen LogP contribution in [0.25, 0.3) is 10.9 Å². The molecule has 2 fully saturated rings. The molecule has 1 heterocycles. The van der Waals surface area contributed by atoms with Gasteiger partial charge in [-0.25, -0.2) is 4.98 Å². The maximum Gasteiger partial charge on any atom is 0.573 e. The van der Waals surface area contributed by atoms with E-state index < -0.39 is 6.36 Å². The smallest absolute Gasteiger partial charge is 0.405 e. The summed E-state index contributed by atoms with van der Waals surface area (Å²) in [7, 11) is 4.01. The first-order valence-electron chi connectivity index (χ1n) is 13.6. The minimum absolute atomic E-state index is 0.153. The number of nitrogens with one attached hydrogen (secondary N) is 2. The molecule has 10 heteroatoms. The van der Waals surface area contributed by atoms with Gasteiger partial charge in [-0.2, -0.15) is 4.98 Å². The van der Waals surface area contributed by atoms with E-state index in [9.17, 15) is 13.2 Å². The number of alkyl halides is 3. The van der Waals surface area contributed by atoms with Crippen molar-refractivity contribution in [3.63, 3.8) is 0 Å². The molecular formula is C29H36F3N5OS. The van der Waals surface area contributed by atoms with Gasteiger partial charge >= 0.3 is 6.36 Å². The van der Waals surface area contributed by atoms with Gasteiger partial charge in [0.05, 0.1) is 5.52 Å². The van der Waals surface area contributed by atoms with Crippen LogP contribution < -0.4 is 20.3 Å². The number of rotatable bonds is 10. The van der Waals surface area contributed by atoms with Crippen molar-refractivity contribution < 1.29 is 17.9 Å². The topological polar surface area (TPSA) is 62.3 Å². The van der Waals surface area contributed by atoms with Gasteiger partial charge in [-0.1, -0.05) is 18.2 Å². The standard InChI is InChI=1S/C29H36F3N5OS/c1-37(2)26-22-8-3-4-9-23(22)34-27(36-26)35-25-18-28(25)14-12-20(13-15-28)33-16-6-5-7-19-10-11-21(39)17-24(19)38-29(30,31)32/h3-4,8-11,17,20,25,33,39H,5-7,12-16,18H2,1-2H3,(H,34,35,36). The summed E-state index contributed by atoms with van der Waals surface area (Å²) in [6.07, 6.45) is 3.28. The molecule has 1 spiro atoms. The number of anilines is 2. The first-order chi connectivity index (χ1) is 18.6. The highest BCUT2D eigenvalue weighted by Crippen LogP contribution is 2.57. The van der Waals surface area contributed by atoms with E-state index in [4.69, 9.17) is 9.97 Å². The van der Waals surface area contributed by atoms with Crippen LogP contribution >= 0.6 is 12.6 Å². The van der Waals surface area contributed by atoms with Gasteiger partial charge in [-0.05, 0) is 93.2 Å². The second-order valence-corrected chi connectivity index (χ2v) is 11.6. The predicted octanol–water partition coefficient (Wildman–Crippen LogP) is 6.61. The molecule has 5 rings (SSSR count). The van der Waals surface area contributed by atoms with E-state index in [2.05, 4.69) is 34.1 Å². The third kappa shape index (κ3) is 6.90. The molecule has 2 saturated carbocycles. The van der Waals surface area contributed by atoms with Crippen molar-refractivity contribution in [1.29, 1.82) is 0 Å². The Kier molecular flexibility index (Phi) is 8.14.